The van der Waals surface area contributed by atoms with Gasteiger partial charge in [-0.1, -0.05) is 6.92 Å². The summed E-state index contributed by atoms with van der Waals surface area (Å²) in [7, 11) is 5.03. The summed E-state index contributed by atoms with van der Waals surface area (Å²) in [5.41, 5.74) is 1.03. The van der Waals surface area contributed by atoms with E-state index in [-0.39, 0.29) is 25.0 Å². The third-order valence-corrected chi connectivity index (χ3v) is 3.76. The molecule has 0 aliphatic carbocycles. The average Bonchev–Trinajstić information content (AvgIpc) is 2.96. The van der Waals surface area contributed by atoms with E-state index in [0.717, 1.165) is 12.1 Å². The molecule has 24 heavy (non-hydrogen) atoms. The lowest BCUT2D eigenvalue weighted by Gasteiger charge is -2.27. The summed E-state index contributed by atoms with van der Waals surface area (Å²) in [6.07, 6.45) is 2.73. The quantitative estimate of drug-likeness (QED) is 0.600. The van der Waals surface area contributed by atoms with Gasteiger partial charge >= 0.3 is 0 Å². The molecule has 0 saturated heterocycles. The van der Waals surface area contributed by atoms with Crippen molar-refractivity contribution in [3.05, 3.63) is 24.0 Å². The molecule has 0 saturated carbocycles. The van der Waals surface area contributed by atoms with Gasteiger partial charge in [-0.2, -0.15) is 0 Å². The highest BCUT2D eigenvalue weighted by atomic mass is 16.5. The van der Waals surface area contributed by atoms with Gasteiger partial charge in [-0.15, -0.1) is 0 Å². The van der Waals surface area contributed by atoms with E-state index in [0.29, 0.717) is 26.2 Å². The van der Waals surface area contributed by atoms with Gasteiger partial charge in [0.1, 0.15) is 6.61 Å². The van der Waals surface area contributed by atoms with E-state index in [1.165, 1.54) is 7.11 Å². The number of aromatic nitrogens is 1. The molecule has 0 fully saturated rings. The molecular formula is C17H29N3O4. The second-order valence-corrected chi connectivity index (χ2v) is 5.67. The zero-order valence-electron chi connectivity index (χ0n) is 15.2. The van der Waals surface area contributed by atoms with E-state index in [1.807, 2.05) is 36.9 Å². The monoisotopic (exact) mass is 339 g/mol. The van der Waals surface area contributed by atoms with Crippen molar-refractivity contribution in [2.45, 2.75) is 19.9 Å². The van der Waals surface area contributed by atoms with Crippen LogP contribution >= 0.6 is 0 Å². The molecule has 1 heterocycles. The first-order chi connectivity index (χ1) is 11.5. The Kier molecular flexibility index (Phi) is 9.11. The summed E-state index contributed by atoms with van der Waals surface area (Å²) in [5, 5.41) is 0. The molecule has 1 rings (SSSR count). The molecule has 0 N–H and O–H groups in total. The molecule has 0 aromatic carbocycles. The third-order valence-electron chi connectivity index (χ3n) is 3.76. The Hall–Kier alpha value is -1.86. The fraction of sp³-hybridized carbons (Fsp3) is 0.647. The maximum Gasteiger partial charge on any atom is 0.249 e. The summed E-state index contributed by atoms with van der Waals surface area (Å²) in [5.74, 6) is -0.260. The van der Waals surface area contributed by atoms with Gasteiger partial charge in [0.05, 0.1) is 19.7 Å². The summed E-state index contributed by atoms with van der Waals surface area (Å²) in [6, 6.07) is 3.92. The SMILES string of the molecule is CCCN(CC(=O)N(CCOC)Cc1cccn1C)C(=O)COC. The van der Waals surface area contributed by atoms with E-state index >= 15 is 0 Å². The molecule has 0 spiro atoms. The number of amides is 2. The van der Waals surface area contributed by atoms with E-state index in [4.69, 9.17) is 9.47 Å². The minimum atomic E-state index is -0.168. The fourth-order valence-electron chi connectivity index (χ4n) is 2.39. The van der Waals surface area contributed by atoms with Crippen molar-refractivity contribution in [3.8, 4) is 0 Å². The van der Waals surface area contributed by atoms with Crippen molar-refractivity contribution in [3.63, 3.8) is 0 Å². The normalized spacial score (nSPS) is 10.7. The van der Waals surface area contributed by atoms with Crippen LogP contribution in [0.25, 0.3) is 0 Å². The number of aryl methyl sites for hydroxylation is 1. The van der Waals surface area contributed by atoms with Crippen LogP contribution in [0.2, 0.25) is 0 Å². The van der Waals surface area contributed by atoms with Crippen molar-refractivity contribution in [2.24, 2.45) is 7.05 Å². The van der Waals surface area contributed by atoms with Crippen LogP contribution in [0, 0.1) is 0 Å². The summed E-state index contributed by atoms with van der Waals surface area (Å²) in [6.45, 7) is 3.99. The van der Waals surface area contributed by atoms with Crippen LogP contribution in [-0.2, 0) is 32.7 Å². The van der Waals surface area contributed by atoms with Crippen LogP contribution in [0.3, 0.4) is 0 Å². The molecule has 0 atom stereocenters. The molecule has 0 aliphatic heterocycles. The molecule has 0 unspecified atom stereocenters. The smallest absolute Gasteiger partial charge is 0.249 e. The van der Waals surface area contributed by atoms with Crippen molar-refractivity contribution < 1.29 is 19.1 Å². The minimum Gasteiger partial charge on any atom is -0.383 e. The van der Waals surface area contributed by atoms with Gasteiger partial charge in [-0.25, -0.2) is 0 Å². The largest absolute Gasteiger partial charge is 0.383 e. The Balaban J connectivity index is 2.77. The molecule has 0 radical (unpaired) electrons. The van der Waals surface area contributed by atoms with Gasteiger partial charge in [0.2, 0.25) is 11.8 Å². The number of carbonyl (C=O) groups is 2. The minimum absolute atomic E-state index is 0.0108. The van der Waals surface area contributed by atoms with Crippen molar-refractivity contribution in [2.75, 3.05) is 47.1 Å². The number of methoxy groups -OCH3 is 2. The summed E-state index contributed by atoms with van der Waals surface area (Å²) >= 11 is 0. The van der Waals surface area contributed by atoms with Crippen molar-refractivity contribution in [1.29, 1.82) is 0 Å². The Morgan fingerprint density at radius 2 is 1.88 bits per heavy atom. The number of ether oxygens (including phenoxy) is 2. The zero-order chi connectivity index (χ0) is 17.9. The fourth-order valence-corrected chi connectivity index (χ4v) is 2.39. The molecule has 2 amide bonds. The van der Waals surface area contributed by atoms with Gasteiger partial charge in [-0.3, -0.25) is 9.59 Å². The molecule has 1 aromatic heterocycles. The molecule has 0 bridgehead atoms. The Bertz CT molecular complexity index is 516. The first-order valence-corrected chi connectivity index (χ1v) is 8.17. The van der Waals surface area contributed by atoms with E-state index < -0.39 is 0 Å². The van der Waals surface area contributed by atoms with Crippen LogP contribution in [0.1, 0.15) is 19.0 Å². The third kappa shape index (κ3) is 6.33. The van der Waals surface area contributed by atoms with Crippen molar-refractivity contribution in [1.82, 2.24) is 14.4 Å². The molecule has 7 heteroatoms. The van der Waals surface area contributed by atoms with E-state index in [9.17, 15) is 9.59 Å². The number of rotatable bonds is 11. The summed E-state index contributed by atoms with van der Waals surface area (Å²) < 4.78 is 12.0. The van der Waals surface area contributed by atoms with Crippen LogP contribution in [0.5, 0.6) is 0 Å². The Morgan fingerprint density at radius 3 is 2.42 bits per heavy atom. The maximum absolute atomic E-state index is 12.7. The molecular weight excluding hydrogens is 310 g/mol. The van der Waals surface area contributed by atoms with E-state index in [2.05, 4.69) is 0 Å². The predicted octanol–water partition coefficient (Wildman–Crippen LogP) is 0.885. The maximum atomic E-state index is 12.7. The first-order valence-electron chi connectivity index (χ1n) is 8.17. The predicted molar refractivity (Wildman–Crippen MR) is 91.5 cm³/mol. The molecule has 7 nitrogen and oxygen atoms in total. The van der Waals surface area contributed by atoms with Gasteiger partial charge < -0.3 is 23.8 Å². The highest BCUT2D eigenvalue weighted by Gasteiger charge is 2.21. The van der Waals surface area contributed by atoms with Crippen LogP contribution in [-0.4, -0.2) is 73.2 Å². The zero-order valence-corrected chi connectivity index (χ0v) is 15.2. The van der Waals surface area contributed by atoms with Gasteiger partial charge in [0.25, 0.3) is 0 Å². The van der Waals surface area contributed by atoms with Crippen LogP contribution in [0.15, 0.2) is 18.3 Å². The number of hydrogen-bond acceptors (Lipinski definition) is 4. The topological polar surface area (TPSA) is 64.0 Å². The van der Waals surface area contributed by atoms with Gasteiger partial charge in [-0.05, 0) is 18.6 Å². The van der Waals surface area contributed by atoms with Gasteiger partial charge in [0, 0.05) is 46.2 Å². The molecule has 1 aromatic rings. The summed E-state index contributed by atoms with van der Waals surface area (Å²) in [4.78, 5) is 28.1. The lowest BCUT2D eigenvalue weighted by Crippen LogP contribution is -2.45. The first kappa shape index (κ1) is 20.2. The highest BCUT2D eigenvalue weighted by molar-refractivity contribution is 5.85. The number of hydrogen-bond donors (Lipinski definition) is 0. The lowest BCUT2D eigenvalue weighted by atomic mass is 10.3. The second kappa shape index (κ2) is 10.8. The highest BCUT2D eigenvalue weighted by Crippen LogP contribution is 2.07. The molecule has 136 valence electrons. The van der Waals surface area contributed by atoms with Gasteiger partial charge in [0.15, 0.2) is 0 Å². The Labute approximate surface area is 144 Å². The van der Waals surface area contributed by atoms with Crippen LogP contribution < -0.4 is 0 Å². The standard InChI is InChI=1S/C17H29N3O4/c1-5-8-19(17(22)14-24-4)13-16(21)20(10-11-23-3)12-15-7-6-9-18(15)2/h6-7,9H,5,8,10-14H2,1-4H3. The second-order valence-electron chi connectivity index (χ2n) is 5.67. The van der Waals surface area contributed by atoms with Crippen molar-refractivity contribution >= 4 is 11.8 Å². The lowest BCUT2D eigenvalue weighted by molar-refractivity contribution is -0.143. The number of carbonyl (C=O) groups excluding carboxylic acids is 2. The molecule has 0 aliphatic rings. The van der Waals surface area contributed by atoms with Crippen LogP contribution in [0.4, 0.5) is 0 Å². The Morgan fingerprint density at radius 1 is 1.12 bits per heavy atom. The number of nitrogens with zero attached hydrogens (tertiary/aromatic N) is 3. The average molecular weight is 339 g/mol. The van der Waals surface area contributed by atoms with E-state index in [1.54, 1.807) is 16.9 Å².